The van der Waals surface area contributed by atoms with Gasteiger partial charge in [-0.3, -0.25) is 0 Å². The van der Waals surface area contributed by atoms with Crippen LogP contribution in [0.25, 0.3) is 0 Å². The molecular formula is C18H28FN. The lowest BCUT2D eigenvalue weighted by Gasteiger charge is -2.37. The zero-order valence-corrected chi connectivity index (χ0v) is 13.2. The lowest BCUT2D eigenvalue weighted by Crippen LogP contribution is -2.41. The SMILES string of the molecule is CC1CCC(CNC(C)(C)C)C(c2ccccc2F)C1. The first-order chi connectivity index (χ1) is 9.37. The Morgan fingerprint density at radius 1 is 1.20 bits per heavy atom. The fourth-order valence-corrected chi connectivity index (χ4v) is 3.28. The molecule has 0 amide bonds. The van der Waals surface area contributed by atoms with E-state index in [0.717, 1.165) is 18.5 Å². The summed E-state index contributed by atoms with van der Waals surface area (Å²) in [5.74, 6) is 1.56. The molecule has 1 fully saturated rings. The number of hydrogen-bond acceptors (Lipinski definition) is 1. The summed E-state index contributed by atoms with van der Waals surface area (Å²) in [4.78, 5) is 0. The van der Waals surface area contributed by atoms with Crippen LogP contribution in [0.1, 0.15) is 58.4 Å². The summed E-state index contributed by atoms with van der Waals surface area (Å²) < 4.78 is 14.1. The van der Waals surface area contributed by atoms with E-state index in [2.05, 4.69) is 33.0 Å². The average molecular weight is 277 g/mol. The van der Waals surface area contributed by atoms with E-state index in [9.17, 15) is 4.39 Å². The summed E-state index contributed by atoms with van der Waals surface area (Å²) in [6.07, 6.45) is 3.57. The maximum absolute atomic E-state index is 14.1. The Morgan fingerprint density at radius 3 is 2.55 bits per heavy atom. The van der Waals surface area contributed by atoms with Crippen molar-refractivity contribution in [3.63, 3.8) is 0 Å². The van der Waals surface area contributed by atoms with Crippen molar-refractivity contribution < 1.29 is 4.39 Å². The molecule has 20 heavy (non-hydrogen) atoms. The van der Waals surface area contributed by atoms with Crippen LogP contribution in [0.3, 0.4) is 0 Å². The number of nitrogens with one attached hydrogen (secondary N) is 1. The Morgan fingerprint density at radius 2 is 1.90 bits per heavy atom. The predicted octanol–water partition coefficient (Wildman–Crippen LogP) is 4.73. The Balaban J connectivity index is 2.15. The van der Waals surface area contributed by atoms with Gasteiger partial charge in [0.15, 0.2) is 0 Å². The highest BCUT2D eigenvalue weighted by molar-refractivity contribution is 5.23. The van der Waals surface area contributed by atoms with Crippen LogP contribution in [-0.2, 0) is 0 Å². The molecule has 0 bridgehead atoms. The molecule has 2 rings (SSSR count). The van der Waals surface area contributed by atoms with E-state index in [1.165, 1.54) is 12.8 Å². The zero-order chi connectivity index (χ0) is 14.8. The van der Waals surface area contributed by atoms with Crippen LogP contribution in [0, 0.1) is 17.7 Å². The Bertz CT molecular complexity index is 435. The fraction of sp³-hybridized carbons (Fsp3) is 0.667. The first kappa shape index (κ1) is 15.5. The topological polar surface area (TPSA) is 12.0 Å². The van der Waals surface area contributed by atoms with Gasteiger partial charge in [-0.2, -0.15) is 0 Å². The maximum Gasteiger partial charge on any atom is 0.126 e. The van der Waals surface area contributed by atoms with Gasteiger partial charge in [0.05, 0.1) is 0 Å². The number of rotatable bonds is 3. The molecule has 0 saturated heterocycles. The highest BCUT2D eigenvalue weighted by atomic mass is 19.1. The van der Waals surface area contributed by atoms with Crippen LogP contribution >= 0.6 is 0 Å². The third-order valence-electron chi connectivity index (χ3n) is 4.45. The molecule has 2 heteroatoms. The van der Waals surface area contributed by atoms with Crippen molar-refractivity contribution in [1.29, 1.82) is 0 Å². The summed E-state index contributed by atoms with van der Waals surface area (Å²) in [5, 5.41) is 3.60. The molecule has 1 aliphatic rings. The molecule has 0 radical (unpaired) electrons. The normalized spacial score (nSPS) is 27.6. The third-order valence-corrected chi connectivity index (χ3v) is 4.45. The van der Waals surface area contributed by atoms with Crippen molar-refractivity contribution in [3.05, 3.63) is 35.6 Å². The molecule has 3 atom stereocenters. The lowest BCUT2D eigenvalue weighted by molar-refractivity contribution is 0.224. The van der Waals surface area contributed by atoms with Crippen molar-refractivity contribution >= 4 is 0 Å². The van der Waals surface area contributed by atoms with E-state index in [4.69, 9.17) is 0 Å². The van der Waals surface area contributed by atoms with Crippen LogP contribution in [0.5, 0.6) is 0 Å². The van der Waals surface area contributed by atoms with E-state index < -0.39 is 0 Å². The first-order valence-corrected chi connectivity index (χ1v) is 7.86. The molecule has 0 heterocycles. The highest BCUT2D eigenvalue weighted by Crippen LogP contribution is 2.41. The molecule has 1 N–H and O–H groups in total. The summed E-state index contributed by atoms with van der Waals surface area (Å²) in [5.41, 5.74) is 1.04. The molecule has 1 aromatic carbocycles. The second-order valence-electron chi connectivity index (χ2n) is 7.44. The third kappa shape index (κ3) is 4.05. The number of halogens is 1. The molecule has 3 unspecified atom stereocenters. The smallest absolute Gasteiger partial charge is 0.126 e. The summed E-state index contributed by atoms with van der Waals surface area (Å²) in [6.45, 7) is 9.85. The van der Waals surface area contributed by atoms with E-state index in [1.807, 2.05) is 12.1 Å². The molecule has 1 aliphatic carbocycles. The molecule has 0 spiro atoms. The van der Waals surface area contributed by atoms with Gasteiger partial charge < -0.3 is 5.32 Å². The van der Waals surface area contributed by atoms with Gasteiger partial charge in [0.1, 0.15) is 5.82 Å². The zero-order valence-electron chi connectivity index (χ0n) is 13.2. The van der Waals surface area contributed by atoms with E-state index in [0.29, 0.717) is 17.8 Å². The number of benzene rings is 1. The van der Waals surface area contributed by atoms with Crippen molar-refractivity contribution in [3.8, 4) is 0 Å². The van der Waals surface area contributed by atoms with Crippen LogP contribution in [0.15, 0.2) is 24.3 Å². The second kappa shape index (κ2) is 6.26. The molecule has 0 aliphatic heterocycles. The van der Waals surface area contributed by atoms with Gasteiger partial charge in [0, 0.05) is 5.54 Å². The van der Waals surface area contributed by atoms with Crippen molar-refractivity contribution in [2.75, 3.05) is 6.54 Å². The summed E-state index contributed by atoms with van der Waals surface area (Å²) in [6, 6.07) is 7.32. The minimum absolute atomic E-state index is 0.0349. The molecule has 0 aromatic heterocycles. The van der Waals surface area contributed by atoms with Crippen LogP contribution in [0.4, 0.5) is 4.39 Å². The van der Waals surface area contributed by atoms with Crippen molar-refractivity contribution in [1.82, 2.24) is 5.32 Å². The standard InChI is InChI=1S/C18H28FN/c1-13-9-10-14(12-20-18(2,3)4)16(11-13)15-7-5-6-8-17(15)19/h5-8,13-14,16,20H,9-12H2,1-4H3. The minimum atomic E-state index is -0.0349. The largest absolute Gasteiger partial charge is 0.312 e. The Labute approximate surface area is 123 Å². The van der Waals surface area contributed by atoms with Gasteiger partial charge in [-0.15, -0.1) is 0 Å². The highest BCUT2D eigenvalue weighted by Gasteiger charge is 2.31. The molecule has 1 nitrogen and oxygen atoms in total. The van der Waals surface area contributed by atoms with Crippen LogP contribution in [0.2, 0.25) is 0 Å². The molecular weight excluding hydrogens is 249 g/mol. The predicted molar refractivity (Wildman–Crippen MR) is 83.4 cm³/mol. The van der Waals surface area contributed by atoms with Crippen molar-refractivity contribution in [2.24, 2.45) is 11.8 Å². The monoisotopic (exact) mass is 277 g/mol. The van der Waals surface area contributed by atoms with E-state index in [1.54, 1.807) is 12.1 Å². The van der Waals surface area contributed by atoms with E-state index in [-0.39, 0.29) is 11.4 Å². The van der Waals surface area contributed by atoms with Gasteiger partial charge in [0.25, 0.3) is 0 Å². The van der Waals surface area contributed by atoms with Crippen molar-refractivity contribution in [2.45, 2.75) is 58.4 Å². The van der Waals surface area contributed by atoms with Gasteiger partial charge in [0.2, 0.25) is 0 Å². The average Bonchev–Trinajstić information content (AvgIpc) is 2.37. The molecule has 1 aromatic rings. The van der Waals surface area contributed by atoms with Crippen LogP contribution in [-0.4, -0.2) is 12.1 Å². The first-order valence-electron chi connectivity index (χ1n) is 7.86. The summed E-state index contributed by atoms with van der Waals surface area (Å²) >= 11 is 0. The fourth-order valence-electron chi connectivity index (χ4n) is 3.28. The van der Waals surface area contributed by atoms with Gasteiger partial charge >= 0.3 is 0 Å². The molecule has 112 valence electrons. The Kier molecular flexibility index (Phi) is 4.85. The van der Waals surface area contributed by atoms with Gasteiger partial charge in [-0.25, -0.2) is 4.39 Å². The summed E-state index contributed by atoms with van der Waals surface area (Å²) in [7, 11) is 0. The van der Waals surface area contributed by atoms with Gasteiger partial charge in [-0.1, -0.05) is 31.5 Å². The molecule has 1 saturated carbocycles. The number of hydrogen-bond donors (Lipinski definition) is 1. The maximum atomic E-state index is 14.1. The van der Waals surface area contributed by atoms with Gasteiger partial charge in [-0.05, 0) is 69.5 Å². The lowest BCUT2D eigenvalue weighted by atomic mass is 9.71. The van der Waals surface area contributed by atoms with Crippen LogP contribution < -0.4 is 5.32 Å². The Hall–Kier alpha value is -0.890. The van der Waals surface area contributed by atoms with E-state index >= 15 is 0 Å². The quantitative estimate of drug-likeness (QED) is 0.842. The second-order valence-corrected chi connectivity index (χ2v) is 7.44. The minimum Gasteiger partial charge on any atom is -0.312 e.